The number of para-hydroxylation sites is 2. The monoisotopic (exact) mass is 324 g/mol. The molecule has 0 spiro atoms. The minimum Gasteiger partial charge on any atom is -0.495 e. The molecule has 0 aliphatic rings. The highest BCUT2D eigenvalue weighted by molar-refractivity contribution is 5.98. The Hall–Kier alpha value is -3.33. The van der Waals surface area contributed by atoms with Crippen LogP contribution in [-0.4, -0.2) is 25.1 Å². The van der Waals surface area contributed by atoms with Gasteiger partial charge in [0, 0.05) is 0 Å². The van der Waals surface area contributed by atoms with Gasteiger partial charge in [0.1, 0.15) is 5.75 Å². The van der Waals surface area contributed by atoms with E-state index in [1.807, 2.05) is 6.07 Å². The van der Waals surface area contributed by atoms with Gasteiger partial charge in [0.25, 0.3) is 5.91 Å². The van der Waals surface area contributed by atoms with Crippen LogP contribution in [-0.2, 0) is 9.53 Å². The smallest absolute Gasteiger partial charge is 0.338 e. The Morgan fingerprint density at radius 3 is 2.42 bits per heavy atom. The highest BCUT2D eigenvalue weighted by Gasteiger charge is 2.20. The number of hydrogen-bond acceptors (Lipinski definition) is 5. The van der Waals surface area contributed by atoms with Crippen LogP contribution in [0.4, 0.5) is 5.69 Å². The Bertz CT molecular complexity index is 778. The molecule has 0 radical (unpaired) electrons. The summed E-state index contributed by atoms with van der Waals surface area (Å²) in [5, 5.41) is 11.4. The highest BCUT2D eigenvalue weighted by atomic mass is 16.5. The quantitative estimate of drug-likeness (QED) is 0.854. The summed E-state index contributed by atoms with van der Waals surface area (Å²) in [6, 6.07) is 14.9. The van der Waals surface area contributed by atoms with Gasteiger partial charge in [-0.25, -0.2) is 4.79 Å². The van der Waals surface area contributed by atoms with Crippen LogP contribution in [0.1, 0.15) is 22.8 Å². The SMILES string of the molecule is COc1ccccc1NC(=O)[C@@H](C)OC(=O)c1ccc(C#N)cc1. The molecule has 2 aromatic rings. The van der Waals surface area contributed by atoms with Crippen molar-refractivity contribution in [3.63, 3.8) is 0 Å². The number of ether oxygens (including phenoxy) is 2. The number of carbonyl (C=O) groups is 2. The van der Waals surface area contributed by atoms with Crippen LogP contribution in [0.25, 0.3) is 0 Å². The number of benzene rings is 2. The Balaban J connectivity index is 2.00. The van der Waals surface area contributed by atoms with E-state index in [9.17, 15) is 9.59 Å². The molecule has 0 aromatic heterocycles. The minimum absolute atomic E-state index is 0.269. The normalized spacial score (nSPS) is 11.0. The van der Waals surface area contributed by atoms with Gasteiger partial charge in [-0.05, 0) is 43.3 Å². The number of esters is 1. The molecule has 6 heteroatoms. The summed E-state index contributed by atoms with van der Waals surface area (Å²) in [5.41, 5.74) is 1.20. The van der Waals surface area contributed by atoms with E-state index in [0.29, 0.717) is 17.0 Å². The van der Waals surface area contributed by atoms with Gasteiger partial charge in [0.2, 0.25) is 0 Å². The molecule has 0 aliphatic heterocycles. The van der Waals surface area contributed by atoms with Crippen molar-refractivity contribution >= 4 is 17.6 Å². The van der Waals surface area contributed by atoms with E-state index in [0.717, 1.165) is 0 Å². The van der Waals surface area contributed by atoms with E-state index in [1.165, 1.54) is 38.3 Å². The zero-order valence-electron chi connectivity index (χ0n) is 13.3. The number of anilines is 1. The number of rotatable bonds is 5. The lowest BCUT2D eigenvalue weighted by molar-refractivity contribution is -0.123. The second kappa shape index (κ2) is 7.79. The molecule has 1 N–H and O–H groups in total. The fourth-order valence-electron chi connectivity index (χ4n) is 1.95. The van der Waals surface area contributed by atoms with Crippen LogP contribution in [0, 0.1) is 11.3 Å². The summed E-state index contributed by atoms with van der Waals surface area (Å²) in [6.45, 7) is 1.48. The molecule has 0 heterocycles. The van der Waals surface area contributed by atoms with Gasteiger partial charge < -0.3 is 14.8 Å². The number of nitriles is 1. The third-order valence-electron chi connectivity index (χ3n) is 3.27. The minimum atomic E-state index is -0.988. The molecule has 1 atom stereocenters. The van der Waals surface area contributed by atoms with Crippen LogP contribution < -0.4 is 10.1 Å². The molecule has 0 fully saturated rings. The van der Waals surface area contributed by atoms with Crippen molar-refractivity contribution in [3.05, 3.63) is 59.7 Å². The van der Waals surface area contributed by atoms with Gasteiger partial charge in [-0.15, -0.1) is 0 Å². The molecule has 6 nitrogen and oxygen atoms in total. The fourth-order valence-corrected chi connectivity index (χ4v) is 1.95. The Kier molecular flexibility index (Phi) is 5.53. The van der Waals surface area contributed by atoms with Crippen LogP contribution in [0.5, 0.6) is 5.75 Å². The second-order valence-electron chi connectivity index (χ2n) is 4.93. The van der Waals surface area contributed by atoms with Gasteiger partial charge in [0.05, 0.1) is 30.0 Å². The third-order valence-corrected chi connectivity index (χ3v) is 3.27. The second-order valence-corrected chi connectivity index (χ2v) is 4.93. The summed E-state index contributed by atoms with van der Waals surface area (Å²) >= 11 is 0. The molecule has 0 aliphatic carbocycles. The number of methoxy groups -OCH3 is 1. The molecule has 0 unspecified atom stereocenters. The van der Waals surface area contributed by atoms with Crippen molar-refractivity contribution in [2.75, 3.05) is 12.4 Å². The lowest BCUT2D eigenvalue weighted by Gasteiger charge is -2.15. The van der Waals surface area contributed by atoms with E-state index in [1.54, 1.807) is 24.3 Å². The maximum absolute atomic E-state index is 12.2. The molecule has 2 aromatic carbocycles. The van der Waals surface area contributed by atoms with E-state index >= 15 is 0 Å². The first kappa shape index (κ1) is 17.0. The van der Waals surface area contributed by atoms with Crippen molar-refractivity contribution in [1.29, 1.82) is 5.26 Å². The van der Waals surface area contributed by atoms with Gasteiger partial charge >= 0.3 is 5.97 Å². The number of nitrogens with zero attached hydrogens (tertiary/aromatic N) is 1. The first-order chi connectivity index (χ1) is 11.5. The van der Waals surface area contributed by atoms with E-state index < -0.39 is 18.0 Å². The van der Waals surface area contributed by atoms with Gasteiger partial charge in [-0.1, -0.05) is 12.1 Å². The number of carbonyl (C=O) groups excluding carboxylic acids is 2. The van der Waals surface area contributed by atoms with Crippen LogP contribution >= 0.6 is 0 Å². The summed E-state index contributed by atoms with van der Waals surface area (Å²) in [7, 11) is 1.50. The van der Waals surface area contributed by atoms with Gasteiger partial charge in [-0.3, -0.25) is 4.79 Å². The molecule has 24 heavy (non-hydrogen) atoms. The van der Waals surface area contributed by atoms with Gasteiger partial charge in [0.15, 0.2) is 6.10 Å². The van der Waals surface area contributed by atoms with E-state index in [-0.39, 0.29) is 5.56 Å². The van der Waals surface area contributed by atoms with Crippen molar-refractivity contribution < 1.29 is 19.1 Å². The van der Waals surface area contributed by atoms with Crippen molar-refractivity contribution in [2.45, 2.75) is 13.0 Å². The Labute approximate surface area is 139 Å². The topological polar surface area (TPSA) is 88.4 Å². The predicted molar refractivity (Wildman–Crippen MR) is 87.7 cm³/mol. The van der Waals surface area contributed by atoms with Crippen LogP contribution in [0.2, 0.25) is 0 Å². The molecule has 1 amide bonds. The number of hydrogen-bond donors (Lipinski definition) is 1. The number of amides is 1. The largest absolute Gasteiger partial charge is 0.495 e. The summed E-state index contributed by atoms with van der Waals surface area (Å²) in [5.74, 6) is -0.597. The van der Waals surface area contributed by atoms with Crippen molar-refractivity contribution in [2.24, 2.45) is 0 Å². The first-order valence-electron chi connectivity index (χ1n) is 7.20. The maximum atomic E-state index is 12.2. The molecular formula is C18H16N2O4. The van der Waals surface area contributed by atoms with E-state index in [2.05, 4.69) is 5.32 Å². The third kappa shape index (κ3) is 4.11. The molecule has 0 saturated heterocycles. The molecule has 0 saturated carbocycles. The summed E-state index contributed by atoms with van der Waals surface area (Å²) < 4.78 is 10.3. The van der Waals surface area contributed by atoms with Gasteiger partial charge in [-0.2, -0.15) is 5.26 Å². The molecule has 0 bridgehead atoms. The molecule has 2 rings (SSSR count). The summed E-state index contributed by atoms with van der Waals surface area (Å²) in [4.78, 5) is 24.2. The average molecular weight is 324 g/mol. The van der Waals surface area contributed by atoms with Crippen molar-refractivity contribution in [1.82, 2.24) is 0 Å². The fraction of sp³-hybridized carbons (Fsp3) is 0.167. The van der Waals surface area contributed by atoms with Crippen LogP contribution in [0.15, 0.2) is 48.5 Å². The standard InChI is InChI=1S/C18H16N2O4/c1-12(17(21)20-15-5-3-4-6-16(15)23-2)24-18(22)14-9-7-13(11-19)8-10-14/h3-10,12H,1-2H3,(H,20,21)/t12-/m1/s1. The Morgan fingerprint density at radius 1 is 1.12 bits per heavy atom. The Morgan fingerprint density at radius 2 is 1.79 bits per heavy atom. The highest BCUT2D eigenvalue weighted by Crippen LogP contribution is 2.23. The maximum Gasteiger partial charge on any atom is 0.338 e. The van der Waals surface area contributed by atoms with Crippen molar-refractivity contribution in [3.8, 4) is 11.8 Å². The summed E-state index contributed by atoms with van der Waals surface area (Å²) in [6.07, 6.45) is -0.988. The van der Waals surface area contributed by atoms with E-state index in [4.69, 9.17) is 14.7 Å². The average Bonchev–Trinajstić information content (AvgIpc) is 2.62. The number of nitrogens with one attached hydrogen (secondary N) is 1. The molecular weight excluding hydrogens is 308 g/mol. The zero-order valence-corrected chi connectivity index (χ0v) is 13.3. The lowest BCUT2D eigenvalue weighted by Crippen LogP contribution is -2.30. The zero-order chi connectivity index (χ0) is 17.5. The predicted octanol–water partition coefficient (Wildman–Crippen LogP) is 2.75. The first-order valence-corrected chi connectivity index (χ1v) is 7.20. The van der Waals surface area contributed by atoms with Crippen LogP contribution in [0.3, 0.4) is 0 Å². The lowest BCUT2D eigenvalue weighted by atomic mass is 10.1. The molecule has 122 valence electrons.